The fraction of sp³-hybridized carbons (Fsp3) is 0.895. The number of hydrogen-bond donors (Lipinski definition) is 1. The van der Waals surface area contributed by atoms with Gasteiger partial charge in [-0.2, -0.15) is 0 Å². The van der Waals surface area contributed by atoms with Crippen molar-refractivity contribution in [2.24, 2.45) is 22.7 Å². The van der Waals surface area contributed by atoms with Crippen LogP contribution in [0.15, 0.2) is 12.7 Å². The molecule has 5 nitrogen and oxygen atoms in total. The van der Waals surface area contributed by atoms with Crippen LogP contribution in [0.3, 0.4) is 0 Å². The van der Waals surface area contributed by atoms with Crippen molar-refractivity contribution in [1.82, 2.24) is 0 Å². The van der Waals surface area contributed by atoms with Crippen LogP contribution in [0, 0.1) is 22.7 Å². The van der Waals surface area contributed by atoms with Crippen molar-refractivity contribution < 1.29 is 24.1 Å². The van der Waals surface area contributed by atoms with Crippen LogP contribution in [0.25, 0.3) is 0 Å². The summed E-state index contributed by atoms with van der Waals surface area (Å²) in [5.41, 5.74) is -1.24. The van der Waals surface area contributed by atoms with E-state index in [1.54, 1.807) is 7.11 Å². The molecule has 24 heavy (non-hydrogen) atoms. The predicted octanol–water partition coefficient (Wildman–Crippen LogP) is 2.73. The maximum Gasteiger partial charge on any atom is 0.172 e. The average Bonchev–Trinajstić information content (AvgIpc) is 2.98. The molecule has 1 N–H and O–H groups in total. The summed E-state index contributed by atoms with van der Waals surface area (Å²) in [6, 6.07) is 0. The number of fused-ring (bicyclic) bond motifs is 2. The van der Waals surface area contributed by atoms with Crippen LogP contribution < -0.4 is 0 Å². The minimum atomic E-state index is -0.572. The number of hydrogen-bond acceptors (Lipinski definition) is 5. The molecule has 5 atom stereocenters. The van der Waals surface area contributed by atoms with Gasteiger partial charge in [0.25, 0.3) is 0 Å². The molecule has 1 spiro atoms. The zero-order valence-corrected chi connectivity index (χ0v) is 15.6. The van der Waals surface area contributed by atoms with Crippen molar-refractivity contribution in [1.29, 1.82) is 0 Å². The average molecular weight is 340 g/mol. The summed E-state index contributed by atoms with van der Waals surface area (Å²) in [7, 11) is 1.62. The lowest BCUT2D eigenvalue weighted by molar-refractivity contribution is -0.348. The van der Waals surface area contributed by atoms with Crippen LogP contribution in [0.5, 0.6) is 0 Å². The van der Waals surface area contributed by atoms with Gasteiger partial charge in [0.15, 0.2) is 5.79 Å². The van der Waals surface area contributed by atoms with Crippen LogP contribution >= 0.6 is 0 Å². The van der Waals surface area contributed by atoms with Gasteiger partial charge in [-0.15, -0.1) is 6.58 Å². The first-order valence-electron chi connectivity index (χ1n) is 8.89. The number of aliphatic hydroxyl groups is 1. The van der Waals surface area contributed by atoms with Crippen LogP contribution in [0.2, 0.25) is 0 Å². The van der Waals surface area contributed by atoms with E-state index in [2.05, 4.69) is 27.4 Å². The summed E-state index contributed by atoms with van der Waals surface area (Å²) >= 11 is 0. The first-order chi connectivity index (χ1) is 11.2. The molecule has 138 valence electrons. The Morgan fingerprint density at radius 3 is 2.46 bits per heavy atom. The molecule has 0 radical (unpaired) electrons. The fourth-order valence-corrected chi connectivity index (χ4v) is 5.81. The maximum absolute atomic E-state index is 11.3. The molecule has 3 aliphatic carbocycles. The van der Waals surface area contributed by atoms with Gasteiger partial charge < -0.3 is 24.1 Å². The van der Waals surface area contributed by atoms with Crippen molar-refractivity contribution >= 4 is 0 Å². The predicted molar refractivity (Wildman–Crippen MR) is 90.3 cm³/mol. The Morgan fingerprint density at radius 1 is 1.29 bits per heavy atom. The highest BCUT2D eigenvalue weighted by molar-refractivity contribution is 5.20. The van der Waals surface area contributed by atoms with Gasteiger partial charge in [0.1, 0.15) is 6.79 Å². The third-order valence-corrected chi connectivity index (χ3v) is 7.01. The van der Waals surface area contributed by atoms with Crippen LogP contribution in [-0.4, -0.2) is 49.7 Å². The molecule has 2 bridgehead atoms. The zero-order valence-electron chi connectivity index (χ0n) is 15.6. The zero-order chi connectivity index (χ0) is 17.8. The molecule has 4 fully saturated rings. The highest BCUT2D eigenvalue weighted by atomic mass is 16.7. The normalized spacial score (nSPS) is 42.2. The van der Waals surface area contributed by atoms with Crippen LogP contribution in [0.1, 0.15) is 40.5 Å². The molecule has 1 aliphatic heterocycles. The summed E-state index contributed by atoms with van der Waals surface area (Å²) in [6.45, 7) is 13.9. The summed E-state index contributed by atoms with van der Waals surface area (Å²) in [5, 5.41) is 11.3. The van der Waals surface area contributed by atoms with E-state index in [1.807, 2.05) is 13.0 Å². The monoisotopic (exact) mass is 340 g/mol. The smallest absolute Gasteiger partial charge is 0.172 e. The molecule has 0 aromatic rings. The highest BCUT2D eigenvalue weighted by Crippen LogP contribution is 2.68. The summed E-state index contributed by atoms with van der Waals surface area (Å²) in [6.07, 6.45) is 2.94. The van der Waals surface area contributed by atoms with Crippen molar-refractivity contribution in [3.63, 3.8) is 0 Å². The van der Waals surface area contributed by atoms with E-state index < -0.39 is 17.5 Å². The lowest BCUT2D eigenvalue weighted by atomic mass is 9.41. The molecule has 4 aliphatic rings. The maximum atomic E-state index is 11.3. The summed E-state index contributed by atoms with van der Waals surface area (Å²) in [5.74, 6) is -0.346. The second-order valence-corrected chi connectivity index (χ2v) is 8.69. The molecular formula is C19H32O5. The van der Waals surface area contributed by atoms with E-state index in [9.17, 15) is 5.11 Å². The van der Waals surface area contributed by atoms with E-state index in [0.717, 1.165) is 6.42 Å². The molecule has 4 rings (SSSR count). The Morgan fingerprint density at radius 2 is 1.92 bits per heavy atom. The van der Waals surface area contributed by atoms with Crippen molar-refractivity contribution in [2.75, 3.05) is 27.1 Å². The fourth-order valence-electron chi connectivity index (χ4n) is 5.81. The van der Waals surface area contributed by atoms with E-state index in [0.29, 0.717) is 19.6 Å². The number of aliphatic hydroxyl groups excluding tert-OH is 1. The first-order valence-corrected chi connectivity index (χ1v) is 8.89. The van der Waals surface area contributed by atoms with Crippen molar-refractivity contribution in [2.45, 2.75) is 58.0 Å². The number of rotatable bonds is 5. The van der Waals surface area contributed by atoms with E-state index in [-0.39, 0.29) is 29.5 Å². The largest absolute Gasteiger partial charge is 0.392 e. The molecule has 0 amide bonds. The number of ether oxygens (including phenoxy) is 4. The van der Waals surface area contributed by atoms with E-state index in [1.165, 1.54) is 0 Å². The van der Waals surface area contributed by atoms with Gasteiger partial charge in [-0.3, -0.25) is 0 Å². The third kappa shape index (κ3) is 2.32. The lowest BCUT2D eigenvalue weighted by Crippen LogP contribution is -2.72. The third-order valence-electron chi connectivity index (χ3n) is 7.01. The Hall–Kier alpha value is -0.460. The Kier molecular flexibility index (Phi) is 4.41. The molecule has 1 saturated heterocycles. The van der Waals surface area contributed by atoms with Gasteiger partial charge in [0.05, 0.1) is 24.9 Å². The number of methoxy groups -OCH3 is 1. The van der Waals surface area contributed by atoms with Gasteiger partial charge in [0, 0.05) is 24.9 Å². The molecule has 3 saturated carbocycles. The minimum absolute atomic E-state index is 0.111. The standard InChI is InChI=1S/C19H32O5/c1-7-18(5,24-12-21-6)14-10-13-16(2,3)15(20)17(14,4)11-19(13)22-8-9-23-19/h7,13-15,20H,1,8-12H2,2-6H3/t13-,14+,15?,17+,18?/m1/s1. The van der Waals surface area contributed by atoms with Crippen LogP contribution in [0.4, 0.5) is 0 Å². The molecule has 0 aromatic heterocycles. The molecule has 1 heterocycles. The Balaban J connectivity index is 2.00. The van der Waals surface area contributed by atoms with Gasteiger partial charge in [-0.1, -0.05) is 26.8 Å². The van der Waals surface area contributed by atoms with Gasteiger partial charge >= 0.3 is 0 Å². The van der Waals surface area contributed by atoms with Gasteiger partial charge in [-0.05, 0) is 24.7 Å². The second-order valence-electron chi connectivity index (χ2n) is 8.69. The Bertz CT molecular complexity index is 498. The van der Waals surface area contributed by atoms with E-state index >= 15 is 0 Å². The Labute approximate surface area is 145 Å². The molecule has 5 heteroatoms. The first kappa shape index (κ1) is 18.3. The highest BCUT2D eigenvalue weighted by Gasteiger charge is 2.72. The molecule has 0 aromatic carbocycles. The second kappa shape index (κ2) is 5.78. The quantitative estimate of drug-likeness (QED) is 0.616. The topological polar surface area (TPSA) is 57.2 Å². The lowest BCUT2D eigenvalue weighted by Gasteiger charge is -2.68. The molecular weight excluding hydrogens is 308 g/mol. The van der Waals surface area contributed by atoms with E-state index in [4.69, 9.17) is 18.9 Å². The SMILES string of the molecule is C=CC(C)(OCOC)[C@H]1C[C@H]2C3(C[C@]1(C)C(O)C2(C)C)OCCO3. The van der Waals surface area contributed by atoms with Crippen molar-refractivity contribution in [3.05, 3.63) is 12.7 Å². The van der Waals surface area contributed by atoms with Crippen molar-refractivity contribution in [3.8, 4) is 0 Å². The molecule has 2 unspecified atom stereocenters. The summed E-state index contributed by atoms with van der Waals surface area (Å²) in [4.78, 5) is 0. The summed E-state index contributed by atoms with van der Waals surface area (Å²) < 4.78 is 23.4. The minimum Gasteiger partial charge on any atom is -0.392 e. The van der Waals surface area contributed by atoms with Gasteiger partial charge in [0.2, 0.25) is 0 Å². The van der Waals surface area contributed by atoms with Crippen LogP contribution in [-0.2, 0) is 18.9 Å². The van der Waals surface area contributed by atoms with Gasteiger partial charge in [-0.25, -0.2) is 0 Å².